The summed E-state index contributed by atoms with van der Waals surface area (Å²) in [7, 11) is 0. The first-order chi connectivity index (χ1) is 8.36. The van der Waals surface area contributed by atoms with Crippen molar-refractivity contribution in [1.82, 2.24) is 0 Å². The van der Waals surface area contributed by atoms with Gasteiger partial charge in [0.2, 0.25) is 0 Å². The summed E-state index contributed by atoms with van der Waals surface area (Å²) in [4.78, 5) is 20.2. The SMILES string of the molecule is CCCC[C@@H](N)C(=O)O.CCCC[C@@H](N)C(=O)O. The molecule has 2 atom stereocenters. The molecule has 0 saturated heterocycles. The highest BCUT2D eigenvalue weighted by Gasteiger charge is 2.09. The van der Waals surface area contributed by atoms with Gasteiger partial charge >= 0.3 is 11.9 Å². The molecule has 0 aliphatic rings. The Morgan fingerprint density at radius 1 is 0.889 bits per heavy atom. The average molecular weight is 262 g/mol. The van der Waals surface area contributed by atoms with E-state index in [1.54, 1.807) is 0 Å². The lowest BCUT2D eigenvalue weighted by molar-refractivity contribution is -0.139. The van der Waals surface area contributed by atoms with Gasteiger partial charge in [0.05, 0.1) is 0 Å². The summed E-state index contributed by atoms with van der Waals surface area (Å²) in [6.45, 7) is 4.02. The summed E-state index contributed by atoms with van der Waals surface area (Å²) >= 11 is 0. The van der Waals surface area contributed by atoms with Crippen LogP contribution in [-0.2, 0) is 9.59 Å². The van der Waals surface area contributed by atoms with Crippen molar-refractivity contribution in [3.8, 4) is 0 Å². The molecule has 0 aliphatic carbocycles. The summed E-state index contributed by atoms with van der Waals surface area (Å²) in [5.74, 6) is -1.80. The van der Waals surface area contributed by atoms with Crippen LogP contribution in [0.25, 0.3) is 0 Å². The highest BCUT2D eigenvalue weighted by Crippen LogP contribution is 1.97. The maximum Gasteiger partial charge on any atom is 0.320 e. The minimum atomic E-state index is -0.900. The first-order valence-electron chi connectivity index (χ1n) is 6.33. The zero-order chi connectivity index (χ0) is 14.6. The van der Waals surface area contributed by atoms with Gasteiger partial charge in [-0.2, -0.15) is 0 Å². The molecule has 6 heteroatoms. The number of carbonyl (C=O) groups is 2. The van der Waals surface area contributed by atoms with Gasteiger partial charge in [0.25, 0.3) is 0 Å². The molecule has 0 radical (unpaired) electrons. The smallest absolute Gasteiger partial charge is 0.320 e. The van der Waals surface area contributed by atoms with E-state index in [1.807, 2.05) is 13.8 Å². The number of aliphatic carboxylic acids is 2. The molecule has 0 unspecified atom stereocenters. The molecule has 0 fully saturated rings. The van der Waals surface area contributed by atoms with Crippen LogP contribution >= 0.6 is 0 Å². The number of rotatable bonds is 8. The molecule has 18 heavy (non-hydrogen) atoms. The van der Waals surface area contributed by atoms with Crippen LogP contribution in [0.2, 0.25) is 0 Å². The van der Waals surface area contributed by atoms with E-state index in [0.717, 1.165) is 25.7 Å². The van der Waals surface area contributed by atoms with Crippen molar-refractivity contribution in [2.75, 3.05) is 0 Å². The molecule has 0 aromatic heterocycles. The first-order valence-corrected chi connectivity index (χ1v) is 6.33. The maximum atomic E-state index is 10.1. The van der Waals surface area contributed by atoms with Gasteiger partial charge in [-0.1, -0.05) is 39.5 Å². The molecule has 0 spiro atoms. The number of carboxylic acid groups (broad SMARTS) is 2. The summed E-state index contributed by atoms with van der Waals surface area (Å²) in [5, 5.41) is 16.6. The molecule has 6 N–H and O–H groups in total. The van der Waals surface area contributed by atoms with Crippen LogP contribution in [0, 0.1) is 0 Å². The fourth-order valence-electron chi connectivity index (χ4n) is 1.10. The third-order valence-electron chi connectivity index (χ3n) is 2.37. The minimum absolute atomic E-state index is 0.589. The first kappa shape index (κ1) is 19.2. The van der Waals surface area contributed by atoms with Crippen LogP contribution in [-0.4, -0.2) is 34.2 Å². The Balaban J connectivity index is 0. The van der Waals surface area contributed by atoms with Crippen LogP contribution < -0.4 is 11.5 Å². The van der Waals surface area contributed by atoms with Crippen LogP contribution in [0.3, 0.4) is 0 Å². The predicted octanol–water partition coefficient (Wildman–Crippen LogP) is 1.18. The number of unbranched alkanes of at least 4 members (excludes halogenated alkanes) is 2. The normalized spacial score (nSPS) is 13.1. The van der Waals surface area contributed by atoms with Gasteiger partial charge in [0, 0.05) is 0 Å². The monoisotopic (exact) mass is 262 g/mol. The quantitative estimate of drug-likeness (QED) is 0.520. The van der Waals surface area contributed by atoms with Gasteiger partial charge in [0.15, 0.2) is 0 Å². The van der Waals surface area contributed by atoms with E-state index in [9.17, 15) is 9.59 Å². The Labute approximate surface area is 108 Å². The van der Waals surface area contributed by atoms with Crippen LogP contribution in [0.15, 0.2) is 0 Å². The molecule has 0 bridgehead atoms. The zero-order valence-corrected chi connectivity index (χ0v) is 11.3. The molecule has 108 valence electrons. The van der Waals surface area contributed by atoms with Crippen molar-refractivity contribution in [3.05, 3.63) is 0 Å². The van der Waals surface area contributed by atoms with Crippen molar-refractivity contribution in [3.63, 3.8) is 0 Å². The van der Waals surface area contributed by atoms with Gasteiger partial charge in [0.1, 0.15) is 12.1 Å². The second kappa shape index (κ2) is 12.3. The molecule has 0 rings (SSSR count). The molecule has 0 heterocycles. The van der Waals surface area contributed by atoms with Crippen molar-refractivity contribution in [2.45, 2.75) is 64.5 Å². The van der Waals surface area contributed by atoms with E-state index in [0.29, 0.717) is 12.8 Å². The molecule has 0 amide bonds. The molecular formula is C12H26N2O4. The Hall–Kier alpha value is -1.14. The number of carboxylic acids is 2. The third-order valence-corrected chi connectivity index (χ3v) is 2.37. The van der Waals surface area contributed by atoms with Crippen LogP contribution in [0.1, 0.15) is 52.4 Å². The highest BCUT2D eigenvalue weighted by molar-refractivity contribution is 5.73. The second-order valence-corrected chi connectivity index (χ2v) is 4.17. The van der Waals surface area contributed by atoms with E-state index in [-0.39, 0.29) is 0 Å². The lowest BCUT2D eigenvalue weighted by Crippen LogP contribution is -2.29. The van der Waals surface area contributed by atoms with E-state index in [1.165, 1.54) is 0 Å². The molecule has 0 aromatic carbocycles. The Kier molecular flexibility index (Phi) is 13.1. The summed E-state index contributed by atoms with van der Waals surface area (Å²) in [6, 6.07) is -1.32. The molecule has 0 aliphatic heterocycles. The minimum Gasteiger partial charge on any atom is -0.480 e. The number of hydrogen-bond donors (Lipinski definition) is 4. The van der Waals surface area contributed by atoms with Gasteiger partial charge in [-0.25, -0.2) is 0 Å². The van der Waals surface area contributed by atoms with E-state index in [4.69, 9.17) is 21.7 Å². The van der Waals surface area contributed by atoms with Gasteiger partial charge in [-0.05, 0) is 12.8 Å². The molecule has 0 saturated carbocycles. The molecule has 6 nitrogen and oxygen atoms in total. The van der Waals surface area contributed by atoms with E-state index >= 15 is 0 Å². The summed E-state index contributed by atoms with van der Waals surface area (Å²) in [6.07, 6.45) is 4.97. The van der Waals surface area contributed by atoms with Crippen molar-refractivity contribution in [1.29, 1.82) is 0 Å². The van der Waals surface area contributed by atoms with E-state index < -0.39 is 24.0 Å². The highest BCUT2D eigenvalue weighted by atomic mass is 16.4. The Morgan fingerprint density at radius 3 is 1.33 bits per heavy atom. The second-order valence-electron chi connectivity index (χ2n) is 4.17. The Bertz CT molecular complexity index is 210. The van der Waals surface area contributed by atoms with Crippen molar-refractivity contribution >= 4 is 11.9 Å². The molecule has 0 aromatic rings. The largest absolute Gasteiger partial charge is 0.480 e. The number of hydrogen-bond acceptors (Lipinski definition) is 4. The fourth-order valence-corrected chi connectivity index (χ4v) is 1.10. The zero-order valence-electron chi connectivity index (χ0n) is 11.3. The standard InChI is InChI=1S/2C6H13NO2/c2*1-2-3-4-5(7)6(8)9/h2*5H,2-4,7H2,1H3,(H,8,9)/t2*5-/m11/s1. The fraction of sp³-hybridized carbons (Fsp3) is 0.833. The molecular weight excluding hydrogens is 236 g/mol. The Morgan fingerprint density at radius 2 is 1.17 bits per heavy atom. The maximum absolute atomic E-state index is 10.1. The van der Waals surface area contributed by atoms with Gasteiger partial charge in [-0.3, -0.25) is 9.59 Å². The van der Waals surface area contributed by atoms with Crippen molar-refractivity contribution in [2.24, 2.45) is 11.5 Å². The van der Waals surface area contributed by atoms with Gasteiger partial charge in [-0.15, -0.1) is 0 Å². The van der Waals surface area contributed by atoms with Crippen LogP contribution in [0.5, 0.6) is 0 Å². The lowest BCUT2D eigenvalue weighted by atomic mass is 10.1. The summed E-state index contributed by atoms with van der Waals surface area (Å²) in [5.41, 5.74) is 10.4. The van der Waals surface area contributed by atoms with Gasteiger partial charge < -0.3 is 21.7 Å². The van der Waals surface area contributed by atoms with Crippen LogP contribution in [0.4, 0.5) is 0 Å². The number of nitrogens with two attached hydrogens (primary N) is 2. The average Bonchev–Trinajstić information content (AvgIpc) is 2.33. The summed E-state index contributed by atoms with van der Waals surface area (Å²) < 4.78 is 0. The third kappa shape index (κ3) is 12.9. The predicted molar refractivity (Wildman–Crippen MR) is 70.3 cm³/mol. The topological polar surface area (TPSA) is 127 Å². The lowest BCUT2D eigenvalue weighted by Gasteiger charge is -2.02. The van der Waals surface area contributed by atoms with E-state index in [2.05, 4.69) is 0 Å². The van der Waals surface area contributed by atoms with Crippen molar-refractivity contribution < 1.29 is 19.8 Å².